The van der Waals surface area contributed by atoms with Crippen molar-refractivity contribution in [2.24, 2.45) is 0 Å². The summed E-state index contributed by atoms with van der Waals surface area (Å²) < 4.78 is 22.5. The molecular formula is C11H17N3O2S. The van der Waals surface area contributed by atoms with Crippen LogP contribution < -0.4 is 5.32 Å². The molecule has 17 heavy (non-hydrogen) atoms. The average molecular weight is 255 g/mol. The fourth-order valence-corrected chi connectivity index (χ4v) is 2.69. The Hall–Kier alpha value is -1.17. The SMILES string of the molecule is CCNc1nc(CS(C)(=O)=O)nc2c1CCC2. The zero-order chi connectivity index (χ0) is 12.5. The first-order chi connectivity index (χ1) is 7.99. The summed E-state index contributed by atoms with van der Waals surface area (Å²) in [6.45, 7) is 2.78. The Kier molecular flexibility index (Phi) is 3.33. The number of fused-ring (bicyclic) bond motifs is 1. The van der Waals surface area contributed by atoms with Crippen molar-refractivity contribution in [2.75, 3.05) is 18.1 Å². The molecule has 1 N–H and O–H groups in total. The smallest absolute Gasteiger partial charge is 0.154 e. The number of nitrogens with zero attached hydrogens (tertiary/aromatic N) is 2. The van der Waals surface area contributed by atoms with Crippen LogP contribution in [0.3, 0.4) is 0 Å². The van der Waals surface area contributed by atoms with E-state index in [1.807, 2.05) is 6.92 Å². The van der Waals surface area contributed by atoms with Gasteiger partial charge in [-0.3, -0.25) is 0 Å². The first-order valence-electron chi connectivity index (χ1n) is 5.80. The lowest BCUT2D eigenvalue weighted by Gasteiger charge is -2.10. The van der Waals surface area contributed by atoms with Gasteiger partial charge in [-0.2, -0.15) is 0 Å². The van der Waals surface area contributed by atoms with Crippen LogP contribution in [0.4, 0.5) is 5.82 Å². The molecule has 0 spiro atoms. The third-order valence-corrected chi connectivity index (χ3v) is 3.50. The van der Waals surface area contributed by atoms with Crippen molar-refractivity contribution in [3.63, 3.8) is 0 Å². The zero-order valence-electron chi connectivity index (χ0n) is 10.2. The molecule has 0 bridgehead atoms. The van der Waals surface area contributed by atoms with Gasteiger partial charge < -0.3 is 5.32 Å². The van der Waals surface area contributed by atoms with Gasteiger partial charge in [0.25, 0.3) is 0 Å². The third kappa shape index (κ3) is 2.94. The second-order valence-electron chi connectivity index (χ2n) is 4.37. The summed E-state index contributed by atoms with van der Waals surface area (Å²) in [5.74, 6) is 1.14. The van der Waals surface area contributed by atoms with E-state index < -0.39 is 9.84 Å². The van der Waals surface area contributed by atoms with Crippen molar-refractivity contribution < 1.29 is 8.42 Å². The highest BCUT2D eigenvalue weighted by atomic mass is 32.2. The van der Waals surface area contributed by atoms with E-state index in [0.717, 1.165) is 42.9 Å². The molecule has 0 unspecified atom stereocenters. The molecule has 5 nitrogen and oxygen atoms in total. The van der Waals surface area contributed by atoms with Crippen LogP contribution in [0.15, 0.2) is 0 Å². The molecular weight excluding hydrogens is 238 g/mol. The molecule has 0 aliphatic heterocycles. The van der Waals surface area contributed by atoms with E-state index in [1.54, 1.807) is 0 Å². The number of sulfone groups is 1. The molecule has 0 atom stereocenters. The summed E-state index contributed by atoms with van der Waals surface area (Å²) in [5, 5.41) is 3.19. The minimum Gasteiger partial charge on any atom is -0.370 e. The molecule has 1 aliphatic carbocycles. The average Bonchev–Trinajstić information content (AvgIpc) is 2.63. The first-order valence-corrected chi connectivity index (χ1v) is 7.86. The van der Waals surface area contributed by atoms with Crippen LogP contribution in [0.2, 0.25) is 0 Å². The Morgan fingerprint density at radius 2 is 2.06 bits per heavy atom. The topological polar surface area (TPSA) is 72.0 Å². The quantitative estimate of drug-likeness (QED) is 0.867. The summed E-state index contributed by atoms with van der Waals surface area (Å²) >= 11 is 0. The number of anilines is 1. The highest BCUT2D eigenvalue weighted by Crippen LogP contribution is 2.26. The van der Waals surface area contributed by atoms with Crippen molar-refractivity contribution in [1.82, 2.24) is 9.97 Å². The minimum absolute atomic E-state index is 0.0846. The van der Waals surface area contributed by atoms with Gasteiger partial charge in [-0.25, -0.2) is 18.4 Å². The fourth-order valence-electron chi connectivity index (χ4n) is 2.10. The van der Waals surface area contributed by atoms with Crippen molar-refractivity contribution in [1.29, 1.82) is 0 Å². The molecule has 1 aromatic heterocycles. The molecule has 94 valence electrons. The van der Waals surface area contributed by atoms with Crippen molar-refractivity contribution in [3.8, 4) is 0 Å². The van der Waals surface area contributed by atoms with Gasteiger partial charge in [-0.15, -0.1) is 0 Å². The van der Waals surface area contributed by atoms with E-state index in [2.05, 4.69) is 15.3 Å². The molecule has 0 radical (unpaired) electrons. The molecule has 0 saturated carbocycles. The van der Waals surface area contributed by atoms with Crippen LogP contribution >= 0.6 is 0 Å². The second-order valence-corrected chi connectivity index (χ2v) is 6.51. The number of hydrogen-bond donors (Lipinski definition) is 1. The van der Waals surface area contributed by atoms with E-state index in [0.29, 0.717) is 5.82 Å². The normalized spacial score (nSPS) is 14.7. The van der Waals surface area contributed by atoms with Crippen LogP contribution in [0.5, 0.6) is 0 Å². The van der Waals surface area contributed by atoms with Crippen LogP contribution in [0.25, 0.3) is 0 Å². The lowest BCUT2D eigenvalue weighted by molar-refractivity contribution is 0.599. The molecule has 0 saturated heterocycles. The van der Waals surface area contributed by atoms with Gasteiger partial charge in [-0.05, 0) is 26.2 Å². The maximum atomic E-state index is 11.3. The first kappa shape index (κ1) is 12.3. The van der Waals surface area contributed by atoms with E-state index >= 15 is 0 Å². The summed E-state index contributed by atoms with van der Waals surface area (Å²) in [7, 11) is -3.08. The molecule has 0 amide bonds. The van der Waals surface area contributed by atoms with Crippen LogP contribution in [0.1, 0.15) is 30.4 Å². The number of aryl methyl sites for hydroxylation is 1. The second kappa shape index (κ2) is 4.60. The van der Waals surface area contributed by atoms with Crippen molar-refractivity contribution in [3.05, 3.63) is 17.1 Å². The predicted molar refractivity (Wildman–Crippen MR) is 66.8 cm³/mol. The number of nitrogens with one attached hydrogen (secondary N) is 1. The Balaban J connectivity index is 2.39. The molecule has 1 heterocycles. The highest BCUT2D eigenvalue weighted by Gasteiger charge is 2.20. The molecule has 0 fully saturated rings. The van der Waals surface area contributed by atoms with Gasteiger partial charge in [0, 0.05) is 24.1 Å². The van der Waals surface area contributed by atoms with E-state index in [4.69, 9.17) is 0 Å². The summed E-state index contributed by atoms with van der Waals surface area (Å²) in [5.41, 5.74) is 2.17. The Morgan fingerprint density at radius 1 is 1.29 bits per heavy atom. The van der Waals surface area contributed by atoms with Crippen LogP contribution in [0, 0.1) is 0 Å². The minimum atomic E-state index is -3.08. The number of rotatable bonds is 4. The van der Waals surface area contributed by atoms with Crippen molar-refractivity contribution in [2.45, 2.75) is 31.9 Å². The van der Waals surface area contributed by atoms with Crippen molar-refractivity contribution >= 4 is 15.7 Å². The van der Waals surface area contributed by atoms with Gasteiger partial charge >= 0.3 is 0 Å². The maximum absolute atomic E-state index is 11.3. The fraction of sp³-hybridized carbons (Fsp3) is 0.636. The van der Waals surface area contributed by atoms with Gasteiger partial charge in [0.2, 0.25) is 0 Å². The lowest BCUT2D eigenvalue weighted by Crippen LogP contribution is -2.11. The molecule has 1 aromatic rings. The summed E-state index contributed by atoms with van der Waals surface area (Å²) in [4.78, 5) is 8.67. The van der Waals surface area contributed by atoms with Crippen LogP contribution in [-0.4, -0.2) is 31.2 Å². The molecule has 2 rings (SSSR count). The Labute approximate surface area is 102 Å². The van der Waals surface area contributed by atoms with Gasteiger partial charge in [0.05, 0.1) is 0 Å². The summed E-state index contributed by atoms with van der Waals surface area (Å²) in [6.07, 6.45) is 4.19. The largest absolute Gasteiger partial charge is 0.370 e. The Bertz CT molecular complexity index is 526. The maximum Gasteiger partial charge on any atom is 0.154 e. The molecule has 6 heteroatoms. The number of hydrogen-bond acceptors (Lipinski definition) is 5. The number of aromatic nitrogens is 2. The predicted octanol–water partition coefficient (Wildman–Crippen LogP) is 0.942. The van der Waals surface area contributed by atoms with E-state index in [9.17, 15) is 8.42 Å². The standard InChI is InChI=1S/C11H17N3O2S/c1-3-12-11-8-5-4-6-9(8)13-10(14-11)7-17(2,15)16/h3-7H2,1-2H3,(H,12,13,14). The van der Waals surface area contributed by atoms with E-state index in [-0.39, 0.29) is 5.75 Å². The Morgan fingerprint density at radius 3 is 2.71 bits per heavy atom. The third-order valence-electron chi connectivity index (χ3n) is 2.71. The van der Waals surface area contributed by atoms with Crippen LogP contribution in [-0.2, 0) is 28.4 Å². The monoisotopic (exact) mass is 255 g/mol. The van der Waals surface area contributed by atoms with E-state index in [1.165, 1.54) is 6.26 Å². The van der Waals surface area contributed by atoms with Gasteiger partial charge in [0.1, 0.15) is 17.4 Å². The summed E-state index contributed by atoms with van der Waals surface area (Å²) in [6, 6.07) is 0. The highest BCUT2D eigenvalue weighted by molar-refractivity contribution is 7.89. The van der Waals surface area contributed by atoms with Gasteiger partial charge in [0.15, 0.2) is 9.84 Å². The zero-order valence-corrected chi connectivity index (χ0v) is 11.0. The molecule has 0 aromatic carbocycles. The molecule has 1 aliphatic rings. The lowest BCUT2D eigenvalue weighted by atomic mass is 10.2. The van der Waals surface area contributed by atoms with Gasteiger partial charge in [-0.1, -0.05) is 0 Å².